The number of hydrogen-bond donors (Lipinski definition) is 1. The van der Waals surface area contributed by atoms with Gasteiger partial charge in [0, 0.05) is 36.6 Å². The van der Waals surface area contributed by atoms with Gasteiger partial charge in [0.2, 0.25) is 0 Å². The van der Waals surface area contributed by atoms with Gasteiger partial charge in [0.05, 0.1) is 13.2 Å². The van der Waals surface area contributed by atoms with Crippen LogP contribution < -0.4 is 5.32 Å². The number of carbonyl (C=O) groups is 1. The maximum absolute atomic E-state index is 12.7. The van der Waals surface area contributed by atoms with E-state index < -0.39 is 0 Å². The fourth-order valence-corrected chi connectivity index (χ4v) is 3.33. The van der Waals surface area contributed by atoms with E-state index in [2.05, 4.69) is 29.4 Å². The van der Waals surface area contributed by atoms with E-state index in [4.69, 9.17) is 4.74 Å². The maximum Gasteiger partial charge on any atom is 0.254 e. The predicted molar refractivity (Wildman–Crippen MR) is 156 cm³/mol. The molecule has 0 radical (unpaired) electrons. The molecule has 36 heavy (non-hydrogen) atoms. The van der Waals surface area contributed by atoms with Crippen LogP contribution in [0.2, 0.25) is 0 Å². The summed E-state index contributed by atoms with van der Waals surface area (Å²) in [5, 5.41) is 3.25. The van der Waals surface area contributed by atoms with Crippen molar-refractivity contribution in [2.75, 3.05) is 31.6 Å². The fourth-order valence-electron chi connectivity index (χ4n) is 3.33. The number of carbonyl (C=O) groups excluding carboxylic acids is 1. The minimum atomic E-state index is 0.0490. The van der Waals surface area contributed by atoms with Gasteiger partial charge in [-0.05, 0) is 61.7 Å². The van der Waals surface area contributed by atoms with Crippen molar-refractivity contribution in [1.29, 1.82) is 0 Å². The molecule has 5 heteroatoms. The Labute approximate surface area is 220 Å². The van der Waals surface area contributed by atoms with E-state index in [-0.39, 0.29) is 5.91 Å². The molecule has 1 aliphatic rings. The molecule has 1 fully saturated rings. The molecule has 0 bridgehead atoms. The van der Waals surface area contributed by atoms with E-state index in [1.54, 1.807) is 0 Å². The van der Waals surface area contributed by atoms with Gasteiger partial charge in [-0.1, -0.05) is 71.9 Å². The van der Waals surface area contributed by atoms with Crippen LogP contribution >= 0.6 is 0 Å². The standard InChI is InChI=1S/C25H29N3O2.3C2H6/c1-4-7-20(5-2)19(3)17-26-24-11-10-23(18-27-24)21-8-6-9-22(16-21)25(29)28-12-14-30-15-13-28;3*1-2/h4-11,16-18H,12-15H2,1-3H3,(H,26,27);3*1-2H3/b7-4-,19-17+,20-5+;;;. The van der Waals surface area contributed by atoms with E-state index in [9.17, 15) is 4.79 Å². The molecule has 0 saturated carbocycles. The third-order valence-corrected chi connectivity index (χ3v) is 5.05. The number of anilines is 1. The number of amides is 1. The van der Waals surface area contributed by atoms with Crippen LogP contribution in [0.1, 0.15) is 72.7 Å². The zero-order chi connectivity index (χ0) is 27.3. The van der Waals surface area contributed by atoms with Crippen molar-refractivity contribution < 1.29 is 9.53 Å². The number of nitrogens with one attached hydrogen (secondary N) is 1. The summed E-state index contributed by atoms with van der Waals surface area (Å²) < 4.78 is 5.34. The number of ether oxygens (including phenoxy) is 1. The molecule has 1 saturated heterocycles. The third-order valence-electron chi connectivity index (χ3n) is 5.05. The topological polar surface area (TPSA) is 54.5 Å². The first-order valence-corrected chi connectivity index (χ1v) is 13.3. The van der Waals surface area contributed by atoms with Crippen LogP contribution in [0.3, 0.4) is 0 Å². The van der Waals surface area contributed by atoms with E-state index in [1.807, 2.05) is 115 Å². The molecule has 1 aromatic carbocycles. The first-order chi connectivity index (χ1) is 17.6. The zero-order valence-corrected chi connectivity index (χ0v) is 23.9. The number of benzene rings is 1. The van der Waals surface area contributed by atoms with E-state index in [0.29, 0.717) is 31.9 Å². The van der Waals surface area contributed by atoms with Crippen molar-refractivity contribution in [1.82, 2.24) is 9.88 Å². The molecular formula is C31H47N3O2. The second-order valence-electron chi connectivity index (χ2n) is 7.13. The van der Waals surface area contributed by atoms with E-state index >= 15 is 0 Å². The summed E-state index contributed by atoms with van der Waals surface area (Å²) >= 11 is 0. The Kier molecular flexibility index (Phi) is 18.3. The lowest BCUT2D eigenvalue weighted by Crippen LogP contribution is -2.40. The Hall–Kier alpha value is -3.18. The Morgan fingerprint density at radius 1 is 0.972 bits per heavy atom. The van der Waals surface area contributed by atoms with Gasteiger partial charge in [-0.3, -0.25) is 4.79 Å². The lowest BCUT2D eigenvalue weighted by atomic mass is 10.0. The molecule has 1 aliphatic heterocycles. The highest BCUT2D eigenvalue weighted by atomic mass is 16.5. The summed E-state index contributed by atoms with van der Waals surface area (Å²) in [5.74, 6) is 0.822. The fraction of sp³-hybridized carbons (Fsp3) is 0.419. The molecule has 5 nitrogen and oxygen atoms in total. The molecule has 3 rings (SSSR count). The molecule has 0 spiro atoms. The Morgan fingerprint density at radius 2 is 1.64 bits per heavy atom. The highest BCUT2D eigenvalue weighted by Crippen LogP contribution is 2.22. The molecule has 2 aromatic rings. The largest absolute Gasteiger partial charge is 0.378 e. The lowest BCUT2D eigenvalue weighted by Gasteiger charge is -2.27. The van der Waals surface area contributed by atoms with Gasteiger partial charge in [-0.2, -0.15) is 0 Å². The van der Waals surface area contributed by atoms with Crippen molar-refractivity contribution in [2.45, 2.75) is 62.3 Å². The van der Waals surface area contributed by atoms with Gasteiger partial charge < -0.3 is 15.0 Å². The van der Waals surface area contributed by atoms with Crippen LogP contribution in [-0.2, 0) is 4.74 Å². The Bertz CT molecular complexity index is 954. The molecule has 1 N–H and O–H groups in total. The summed E-state index contributed by atoms with van der Waals surface area (Å²) in [5.41, 5.74) is 4.95. The first kappa shape index (κ1) is 32.8. The molecular weight excluding hydrogens is 446 g/mol. The molecule has 0 unspecified atom stereocenters. The number of hydrogen-bond acceptors (Lipinski definition) is 4. The first-order valence-electron chi connectivity index (χ1n) is 13.3. The second kappa shape index (κ2) is 20.1. The molecule has 1 aromatic heterocycles. The molecule has 0 aliphatic carbocycles. The van der Waals surface area contributed by atoms with Crippen LogP contribution in [0.4, 0.5) is 5.82 Å². The summed E-state index contributed by atoms with van der Waals surface area (Å²) in [6.07, 6.45) is 9.97. The van der Waals surface area contributed by atoms with Crippen molar-refractivity contribution >= 4 is 11.7 Å². The normalized spacial score (nSPS) is 13.4. The average molecular weight is 494 g/mol. The molecule has 2 heterocycles. The van der Waals surface area contributed by atoms with Gasteiger partial charge in [0.1, 0.15) is 5.82 Å². The van der Waals surface area contributed by atoms with Crippen molar-refractivity contribution in [2.24, 2.45) is 0 Å². The average Bonchev–Trinajstić information content (AvgIpc) is 2.98. The maximum atomic E-state index is 12.7. The van der Waals surface area contributed by atoms with Crippen LogP contribution in [0.15, 0.2) is 78.2 Å². The smallest absolute Gasteiger partial charge is 0.254 e. The summed E-state index contributed by atoms with van der Waals surface area (Å²) in [4.78, 5) is 19.1. The van der Waals surface area contributed by atoms with Gasteiger partial charge >= 0.3 is 0 Å². The van der Waals surface area contributed by atoms with Crippen molar-refractivity contribution in [3.63, 3.8) is 0 Å². The SMILES string of the molecule is CC.CC.CC.C\C=C/C(=C\C)C(/C)=C/Nc1ccc(-c2cccc(C(=O)N3CCOCC3)c2)cn1. The number of rotatable bonds is 6. The highest BCUT2D eigenvalue weighted by Gasteiger charge is 2.18. The van der Waals surface area contributed by atoms with Gasteiger partial charge in [0.15, 0.2) is 0 Å². The van der Waals surface area contributed by atoms with Crippen LogP contribution in [0.25, 0.3) is 11.1 Å². The van der Waals surface area contributed by atoms with Crippen molar-refractivity contribution in [3.05, 3.63) is 83.7 Å². The summed E-state index contributed by atoms with van der Waals surface area (Å²) in [6, 6.07) is 11.7. The monoisotopic (exact) mass is 493 g/mol. The summed E-state index contributed by atoms with van der Waals surface area (Å²) in [6.45, 7) is 20.6. The van der Waals surface area contributed by atoms with E-state index in [0.717, 1.165) is 22.5 Å². The number of allylic oxidation sites excluding steroid dienone is 5. The highest BCUT2D eigenvalue weighted by molar-refractivity contribution is 5.95. The minimum Gasteiger partial charge on any atom is -0.378 e. The van der Waals surface area contributed by atoms with Gasteiger partial charge in [-0.15, -0.1) is 0 Å². The number of nitrogens with zero attached hydrogens (tertiary/aromatic N) is 2. The molecule has 0 atom stereocenters. The quantitative estimate of drug-likeness (QED) is 0.413. The third kappa shape index (κ3) is 10.6. The van der Waals surface area contributed by atoms with Gasteiger partial charge in [0.25, 0.3) is 5.91 Å². The minimum absolute atomic E-state index is 0.0490. The zero-order valence-electron chi connectivity index (χ0n) is 23.9. The van der Waals surface area contributed by atoms with Crippen LogP contribution in [0.5, 0.6) is 0 Å². The van der Waals surface area contributed by atoms with Crippen LogP contribution in [0, 0.1) is 0 Å². The lowest BCUT2D eigenvalue weighted by molar-refractivity contribution is 0.0303. The van der Waals surface area contributed by atoms with Crippen LogP contribution in [-0.4, -0.2) is 42.1 Å². The Morgan fingerprint density at radius 3 is 2.19 bits per heavy atom. The molecule has 198 valence electrons. The number of aromatic nitrogens is 1. The van der Waals surface area contributed by atoms with Gasteiger partial charge in [-0.25, -0.2) is 4.98 Å². The van der Waals surface area contributed by atoms with E-state index in [1.165, 1.54) is 5.57 Å². The van der Waals surface area contributed by atoms with Crippen molar-refractivity contribution in [3.8, 4) is 11.1 Å². The number of morpholine rings is 1. The molecule has 1 amide bonds. The Balaban J connectivity index is 0.00000190. The summed E-state index contributed by atoms with van der Waals surface area (Å²) in [7, 11) is 0. The number of pyridine rings is 1. The second-order valence-corrected chi connectivity index (χ2v) is 7.13. The predicted octanol–water partition coefficient (Wildman–Crippen LogP) is 8.14.